The van der Waals surface area contributed by atoms with E-state index in [2.05, 4.69) is 37.4 Å². The molecule has 3 unspecified atom stereocenters. The second-order valence-electron chi connectivity index (χ2n) is 6.43. The zero-order valence-electron chi connectivity index (χ0n) is 12.0. The van der Waals surface area contributed by atoms with E-state index < -0.39 is 0 Å². The van der Waals surface area contributed by atoms with Gasteiger partial charge in [-0.1, -0.05) is 30.7 Å². The molecule has 3 rings (SSSR count). The van der Waals surface area contributed by atoms with Gasteiger partial charge < -0.3 is 5.32 Å². The zero-order valence-corrected chi connectivity index (χ0v) is 12.7. The summed E-state index contributed by atoms with van der Waals surface area (Å²) >= 11 is 6.31. The molecular weight excluding hydrogens is 254 g/mol. The maximum atomic E-state index is 6.31. The van der Waals surface area contributed by atoms with Crippen molar-refractivity contribution in [2.24, 2.45) is 17.8 Å². The molecule has 3 atom stereocenters. The third-order valence-electron chi connectivity index (χ3n) is 4.92. The highest BCUT2D eigenvalue weighted by molar-refractivity contribution is 6.31. The number of aryl methyl sites for hydroxylation is 1. The van der Waals surface area contributed by atoms with Gasteiger partial charge in [0.25, 0.3) is 0 Å². The average Bonchev–Trinajstić information content (AvgIpc) is 3.01. The number of hydrogen-bond donors (Lipinski definition) is 1. The zero-order chi connectivity index (χ0) is 13.4. The summed E-state index contributed by atoms with van der Waals surface area (Å²) in [7, 11) is 0. The van der Waals surface area contributed by atoms with E-state index in [0.717, 1.165) is 29.3 Å². The number of halogens is 1. The Hall–Kier alpha value is -0.530. The van der Waals surface area contributed by atoms with Gasteiger partial charge in [-0.15, -0.1) is 0 Å². The van der Waals surface area contributed by atoms with Crippen LogP contribution in [0.4, 0.5) is 0 Å². The van der Waals surface area contributed by atoms with E-state index in [9.17, 15) is 0 Å². The first-order valence-corrected chi connectivity index (χ1v) is 8.06. The number of fused-ring (bicyclic) bond motifs is 1. The largest absolute Gasteiger partial charge is 0.310 e. The lowest BCUT2D eigenvalue weighted by Crippen LogP contribution is -2.28. The highest BCUT2D eigenvalue weighted by Gasteiger charge is 2.47. The van der Waals surface area contributed by atoms with Crippen LogP contribution in [-0.4, -0.2) is 6.54 Å². The highest BCUT2D eigenvalue weighted by Crippen LogP contribution is 2.57. The third-order valence-corrected chi connectivity index (χ3v) is 5.33. The standard InChI is InChI=1S/C17H24ClN/c1-3-6-19-17(15-8-13-7-14(13)9-15)12-5-4-11(2)16(18)10-12/h4-5,10,13-15,17,19H,3,6-9H2,1-2H3. The van der Waals surface area contributed by atoms with Crippen LogP contribution in [0.25, 0.3) is 0 Å². The lowest BCUT2D eigenvalue weighted by Gasteiger charge is -2.27. The Kier molecular flexibility index (Phi) is 3.86. The van der Waals surface area contributed by atoms with Crippen LogP contribution in [0.5, 0.6) is 0 Å². The van der Waals surface area contributed by atoms with Gasteiger partial charge in [0.2, 0.25) is 0 Å². The molecule has 2 aliphatic rings. The molecule has 0 heterocycles. The molecule has 0 spiro atoms. The van der Waals surface area contributed by atoms with Gasteiger partial charge in [-0.25, -0.2) is 0 Å². The molecule has 0 aromatic heterocycles. The van der Waals surface area contributed by atoms with Crippen molar-refractivity contribution in [3.05, 3.63) is 34.3 Å². The van der Waals surface area contributed by atoms with Gasteiger partial charge in [-0.3, -0.25) is 0 Å². The van der Waals surface area contributed by atoms with Crippen molar-refractivity contribution in [2.75, 3.05) is 6.54 Å². The summed E-state index contributed by atoms with van der Waals surface area (Å²) < 4.78 is 0. The lowest BCUT2D eigenvalue weighted by atomic mass is 9.88. The van der Waals surface area contributed by atoms with E-state index in [4.69, 9.17) is 11.6 Å². The maximum absolute atomic E-state index is 6.31. The van der Waals surface area contributed by atoms with E-state index in [1.165, 1.54) is 36.8 Å². The van der Waals surface area contributed by atoms with Crippen molar-refractivity contribution in [3.8, 4) is 0 Å². The van der Waals surface area contributed by atoms with E-state index in [1.54, 1.807) is 0 Å². The van der Waals surface area contributed by atoms with Crippen LogP contribution in [0.1, 0.15) is 49.8 Å². The van der Waals surface area contributed by atoms with E-state index in [-0.39, 0.29) is 0 Å². The first-order valence-electron chi connectivity index (χ1n) is 7.68. The lowest BCUT2D eigenvalue weighted by molar-refractivity contribution is 0.342. The van der Waals surface area contributed by atoms with Gasteiger partial charge in [0.15, 0.2) is 0 Å². The minimum absolute atomic E-state index is 0.505. The Morgan fingerprint density at radius 3 is 2.63 bits per heavy atom. The summed E-state index contributed by atoms with van der Waals surface area (Å²) in [6.45, 7) is 5.41. The quantitative estimate of drug-likeness (QED) is 0.820. The molecule has 1 N–H and O–H groups in total. The molecule has 19 heavy (non-hydrogen) atoms. The van der Waals surface area contributed by atoms with Crippen LogP contribution < -0.4 is 5.32 Å². The third kappa shape index (κ3) is 2.83. The Balaban J connectivity index is 1.78. The minimum Gasteiger partial charge on any atom is -0.310 e. The average molecular weight is 278 g/mol. The normalized spacial score (nSPS) is 30.2. The molecule has 0 bridgehead atoms. The maximum Gasteiger partial charge on any atom is 0.0438 e. The fraction of sp³-hybridized carbons (Fsp3) is 0.647. The van der Waals surface area contributed by atoms with Crippen molar-refractivity contribution in [3.63, 3.8) is 0 Å². The van der Waals surface area contributed by atoms with E-state index in [0.29, 0.717) is 6.04 Å². The van der Waals surface area contributed by atoms with Crippen molar-refractivity contribution in [1.29, 1.82) is 0 Å². The Morgan fingerprint density at radius 2 is 2.00 bits per heavy atom. The molecule has 1 aromatic carbocycles. The summed E-state index contributed by atoms with van der Waals surface area (Å²) in [5.41, 5.74) is 2.56. The first kappa shape index (κ1) is 13.5. The van der Waals surface area contributed by atoms with Gasteiger partial charge in [0.05, 0.1) is 0 Å². The van der Waals surface area contributed by atoms with Crippen LogP contribution in [0.15, 0.2) is 18.2 Å². The van der Waals surface area contributed by atoms with E-state index >= 15 is 0 Å². The van der Waals surface area contributed by atoms with Gasteiger partial charge in [0.1, 0.15) is 0 Å². The van der Waals surface area contributed by atoms with Crippen molar-refractivity contribution < 1.29 is 0 Å². The fourth-order valence-electron chi connectivity index (χ4n) is 3.69. The summed E-state index contributed by atoms with van der Waals surface area (Å²) in [5.74, 6) is 2.89. The number of benzene rings is 1. The Morgan fingerprint density at radius 1 is 1.26 bits per heavy atom. The molecular formula is C17H24ClN. The van der Waals surface area contributed by atoms with Crippen LogP contribution >= 0.6 is 11.6 Å². The molecule has 0 saturated heterocycles. The second kappa shape index (κ2) is 5.46. The molecule has 0 aliphatic heterocycles. The van der Waals surface area contributed by atoms with Crippen LogP contribution in [0, 0.1) is 24.7 Å². The Bertz CT molecular complexity index is 447. The summed E-state index contributed by atoms with van der Waals surface area (Å²) in [6, 6.07) is 7.10. The van der Waals surface area contributed by atoms with Gasteiger partial charge in [-0.2, -0.15) is 0 Å². The topological polar surface area (TPSA) is 12.0 Å². The molecule has 2 heteroatoms. The Labute approximate surface area is 121 Å². The monoisotopic (exact) mass is 277 g/mol. The number of rotatable bonds is 5. The molecule has 1 aromatic rings. The molecule has 2 aliphatic carbocycles. The SMILES string of the molecule is CCCNC(c1ccc(C)c(Cl)c1)C1CC2CC2C1. The van der Waals surface area contributed by atoms with Gasteiger partial charge in [-0.05, 0) is 74.1 Å². The molecule has 2 saturated carbocycles. The molecule has 104 valence electrons. The summed E-state index contributed by atoms with van der Waals surface area (Å²) in [4.78, 5) is 0. The number of nitrogens with one attached hydrogen (secondary N) is 1. The van der Waals surface area contributed by atoms with Crippen molar-refractivity contribution in [1.82, 2.24) is 5.32 Å². The van der Waals surface area contributed by atoms with Crippen molar-refractivity contribution in [2.45, 2.75) is 45.6 Å². The van der Waals surface area contributed by atoms with Crippen LogP contribution in [0.3, 0.4) is 0 Å². The highest BCUT2D eigenvalue weighted by atomic mass is 35.5. The van der Waals surface area contributed by atoms with Crippen LogP contribution in [-0.2, 0) is 0 Å². The second-order valence-corrected chi connectivity index (χ2v) is 6.83. The minimum atomic E-state index is 0.505. The number of hydrogen-bond acceptors (Lipinski definition) is 1. The molecule has 2 fully saturated rings. The predicted molar refractivity (Wildman–Crippen MR) is 81.5 cm³/mol. The predicted octanol–water partition coefficient (Wildman–Crippen LogP) is 4.74. The smallest absolute Gasteiger partial charge is 0.0438 e. The van der Waals surface area contributed by atoms with Gasteiger partial charge in [0, 0.05) is 11.1 Å². The molecule has 1 nitrogen and oxygen atoms in total. The van der Waals surface area contributed by atoms with Gasteiger partial charge >= 0.3 is 0 Å². The van der Waals surface area contributed by atoms with Crippen LogP contribution in [0.2, 0.25) is 5.02 Å². The van der Waals surface area contributed by atoms with E-state index in [1.807, 2.05) is 0 Å². The fourth-order valence-corrected chi connectivity index (χ4v) is 3.88. The van der Waals surface area contributed by atoms with Crippen molar-refractivity contribution >= 4 is 11.6 Å². The molecule has 0 radical (unpaired) electrons. The first-order chi connectivity index (χ1) is 9.19. The molecule has 0 amide bonds. The summed E-state index contributed by atoms with van der Waals surface area (Å²) in [5, 5.41) is 4.66. The summed E-state index contributed by atoms with van der Waals surface area (Å²) in [6.07, 6.45) is 5.51.